The van der Waals surface area contributed by atoms with E-state index in [1.807, 2.05) is 19.1 Å². The molecule has 4 nitrogen and oxygen atoms in total. The van der Waals surface area contributed by atoms with Gasteiger partial charge in [0.05, 0.1) is 6.26 Å². The fourth-order valence-corrected chi connectivity index (χ4v) is 3.90. The normalized spacial score (nSPS) is 22.6. The Morgan fingerprint density at radius 3 is 2.42 bits per heavy atom. The topological polar surface area (TPSA) is 40.6 Å². The predicted octanol–water partition coefficient (Wildman–Crippen LogP) is 1.91. The van der Waals surface area contributed by atoms with Gasteiger partial charge >= 0.3 is 0 Å². The molecule has 0 bridgehead atoms. The summed E-state index contributed by atoms with van der Waals surface area (Å²) in [6, 6.07) is 8.30. The fraction of sp³-hybridized carbons (Fsp3) is 0.538. The lowest BCUT2D eigenvalue weighted by Crippen LogP contribution is -2.53. The molecule has 0 amide bonds. The summed E-state index contributed by atoms with van der Waals surface area (Å²) in [5.74, 6) is 0. The molecule has 0 radical (unpaired) electrons. The molecule has 0 aliphatic carbocycles. The van der Waals surface area contributed by atoms with E-state index in [2.05, 4.69) is 33.0 Å². The number of hydrogen-bond acceptors (Lipinski definition) is 3. The van der Waals surface area contributed by atoms with Crippen LogP contribution < -0.4 is 0 Å². The summed E-state index contributed by atoms with van der Waals surface area (Å²) in [5, 5.41) is 0. The van der Waals surface area contributed by atoms with Gasteiger partial charge in [-0.1, -0.05) is 28.1 Å². The highest BCUT2D eigenvalue weighted by Crippen LogP contribution is 2.17. The maximum absolute atomic E-state index is 11.6. The highest BCUT2D eigenvalue weighted by atomic mass is 79.9. The summed E-state index contributed by atoms with van der Waals surface area (Å²) in [6.45, 7) is 4.98. The van der Waals surface area contributed by atoms with Crippen LogP contribution in [0.5, 0.6) is 0 Å². The number of benzene rings is 1. The largest absolute Gasteiger partial charge is 0.296 e. The lowest BCUT2D eigenvalue weighted by atomic mass is 10.1. The molecule has 0 saturated carbocycles. The average molecular weight is 347 g/mol. The molecule has 1 saturated heterocycles. The molecule has 0 spiro atoms. The van der Waals surface area contributed by atoms with Crippen molar-refractivity contribution < 1.29 is 8.42 Å². The van der Waals surface area contributed by atoms with Gasteiger partial charge in [-0.25, -0.2) is 8.42 Å². The van der Waals surface area contributed by atoms with Gasteiger partial charge in [0.2, 0.25) is 10.0 Å². The molecule has 1 atom stereocenters. The minimum Gasteiger partial charge on any atom is -0.296 e. The van der Waals surface area contributed by atoms with Gasteiger partial charge in [0.15, 0.2) is 0 Å². The van der Waals surface area contributed by atoms with Crippen LogP contribution in [0.15, 0.2) is 28.7 Å². The second kappa shape index (κ2) is 5.91. The molecule has 2 rings (SSSR count). The molecule has 0 aromatic heterocycles. The Hall–Kier alpha value is -0.430. The third-order valence-corrected chi connectivity index (χ3v) is 5.32. The monoisotopic (exact) mass is 346 g/mol. The first-order valence-electron chi connectivity index (χ1n) is 6.30. The third-order valence-electron chi connectivity index (χ3n) is 3.40. The second-order valence-electron chi connectivity index (χ2n) is 5.08. The molecular formula is C13H19BrN2O2S. The first-order chi connectivity index (χ1) is 8.86. The quantitative estimate of drug-likeness (QED) is 0.839. The van der Waals surface area contributed by atoms with Crippen LogP contribution in [-0.2, 0) is 16.6 Å². The van der Waals surface area contributed by atoms with E-state index in [-0.39, 0.29) is 6.04 Å². The molecule has 1 aliphatic heterocycles. The van der Waals surface area contributed by atoms with Gasteiger partial charge in [-0.05, 0) is 24.6 Å². The van der Waals surface area contributed by atoms with Crippen LogP contribution in [0.25, 0.3) is 0 Å². The number of sulfonamides is 1. The number of halogens is 1. The average Bonchev–Trinajstić information content (AvgIpc) is 2.30. The van der Waals surface area contributed by atoms with Crippen molar-refractivity contribution in [1.82, 2.24) is 9.21 Å². The van der Waals surface area contributed by atoms with Gasteiger partial charge in [0, 0.05) is 36.7 Å². The Labute approximate surface area is 123 Å². The maximum Gasteiger partial charge on any atom is 0.211 e. The molecule has 1 aliphatic rings. The molecule has 1 aromatic rings. The number of nitrogens with zero attached hydrogens (tertiary/aromatic N) is 2. The smallest absolute Gasteiger partial charge is 0.211 e. The molecule has 0 unspecified atom stereocenters. The molecule has 0 N–H and O–H groups in total. The SMILES string of the molecule is C[C@@H]1CN(Cc2ccc(Br)cc2)CCN1S(C)(=O)=O. The highest BCUT2D eigenvalue weighted by molar-refractivity contribution is 9.10. The van der Waals surface area contributed by atoms with Crippen molar-refractivity contribution in [3.8, 4) is 0 Å². The zero-order chi connectivity index (χ0) is 14.0. The van der Waals surface area contributed by atoms with E-state index < -0.39 is 10.0 Å². The van der Waals surface area contributed by atoms with Gasteiger partial charge in [-0.3, -0.25) is 4.90 Å². The molecule has 19 heavy (non-hydrogen) atoms. The second-order valence-corrected chi connectivity index (χ2v) is 7.94. The van der Waals surface area contributed by atoms with E-state index in [1.165, 1.54) is 11.8 Å². The van der Waals surface area contributed by atoms with Crippen molar-refractivity contribution in [2.45, 2.75) is 19.5 Å². The van der Waals surface area contributed by atoms with Crippen LogP contribution in [0, 0.1) is 0 Å². The van der Waals surface area contributed by atoms with Gasteiger partial charge in [0.1, 0.15) is 0 Å². The Kier molecular flexibility index (Phi) is 4.66. The van der Waals surface area contributed by atoms with E-state index in [1.54, 1.807) is 4.31 Å². The van der Waals surface area contributed by atoms with Crippen LogP contribution in [-0.4, -0.2) is 49.6 Å². The van der Waals surface area contributed by atoms with Crippen molar-refractivity contribution in [1.29, 1.82) is 0 Å². The van der Waals surface area contributed by atoms with Gasteiger partial charge in [0.25, 0.3) is 0 Å². The van der Waals surface area contributed by atoms with Crippen molar-refractivity contribution in [2.75, 3.05) is 25.9 Å². The molecule has 1 heterocycles. The molecular weight excluding hydrogens is 328 g/mol. The number of piperazine rings is 1. The summed E-state index contributed by atoms with van der Waals surface area (Å²) in [5.41, 5.74) is 1.25. The summed E-state index contributed by atoms with van der Waals surface area (Å²) in [4.78, 5) is 2.30. The molecule has 106 valence electrons. The molecule has 1 aromatic carbocycles. The summed E-state index contributed by atoms with van der Waals surface area (Å²) in [7, 11) is -3.08. The minimum atomic E-state index is -3.08. The van der Waals surface area contributed by atoms with E-state index in [0.29, 0.717) is 6.54 Å². The zero-order valence-corrected chi connectivity index (χ0v) is 13.6. The Morgan fingerprint density at radius 1 is 1.26 bits per heavy atom. The Morgan fingerprint density at radius 2 is 1.89 bits per heavy atom. The van der Waals surface area contributed by atoms with Crippen molar-refractivity contribution >= 4 is 26.0 Å². The van der Waals surface area contributed by atoms with Crippen molar-refractivity contribution in [3.05, 3.63) is 34.3 Å². The Balaban J connectivity index is 1.97. The first kappa shape index (κ1) is 15.0. The standard InChI is InChI=1S/C13H19BrN2O2S/c1-11-9-15(7-8-16(11)19(2,17)18)10-12-3-5-13(14)6-4-12/h3-6,11H,7-10H2,1-2H3/t11-/m1/s1. The summed E-state index contributed by atoms with van der Waals surface area (Å²) in [6.07, 6.45) is 1.29. The first-order valence-corrected chi connectivity index (χ1v) is 8.94. The number of rotatable bonds is 3. The lowest BCUT2D eigenvalue weighted by molar-refractivity contribution is 0.138. The van der Waals surface area contributed by atoms with Crippen LogP contribution in [0.3, 0.4) is 0 Å². The van der Waals surface area contributed by atoms with Crippen LogP contribution in [0.2, 0.25) is 0 Å². The zero-order valence-electron chi connectivity index (χ0n) is 11.2. The third kappa shape index (κ3) is 4.02. The van der Waals surface area contributed by atoms with Crippen molar-refractivity contribution in [3.63, 3.8) is 0 Å². The van der Waals surface area contributed by atoms with E-state index in [4.69, 9.17) is 0 Å². The van der Waals surface area contributed by atoms with Crippen molar-refractivity contribution in [2.24, 2.45) is 0 Å². The molecule has 1 fully saturated rings. The van der Waals surface area contributed by atoms with Crippen LogP contribution in [0.1, 0.15) is 12.5 Å². The Bertz CT molecular complexity index is 530. The highest BCUT2D eigenvalue weighted by Gasteiger charge is 2.29. The summed E-state index contributed by atoms with van der Waals surface area (Å²) < 4.78 is 25.9. The lowest BCUT2D eigenvalue weighted by Gasteiger charge is -2.38. The van der Waals surface area contributed by atoms with Gasteiger partial charge in [-0.15, -0.1) is 0 Å². The predicted molar refractivity (Wildman–Crippen MR) is 80.4 cm³/mol. The summed E-state index contributed by atoms with van der Waals surface area (Å²) >= 11 is 3.42. The van der Waals surface area contributed by atoms with Crippen LogP contribution in [0.4, 0.5) is 0 Å². The van der Waals surface area contributed by atoms with E-state index >= 15 is 0 Å². The maximum atomic E-state index is 11.6. The van der Waals surface area contributed by atoms with Crippen LogP contribution >= 0.6 is 15.9 Å². The fourth-order valence-electron chi connectivity index (χ4n) is 2.50. The van der Waals surface area contributed by atoms with Gasteiger partial charge in [-0.2, -0.15) is 4.31 Å². The minimum absolute atomic E-state index is 0.0409. The van der Waals surface area contributed by atoms with E-state index in [9.17, 15) is 8.42 Å². The number of hydrogen-bond donors (Lipinski definition) is 0. The van der Waals surface area contributed by atoms with Gasteiger partial charge < -0.3 is 0 Å². The van der Waals surface area contributed by atoms with E-state index in [0.717, 1.165) is 24.1 Å². The molecule has 6 heteroatoms.